The summed E-state index contributed by atoms with van der Waals surface area (Å²) < 4.78 is 6.39. The van der Waals surface area contributed by atoms with Crippen LogP contribution >= 0.6 is 0 Å². The third kappa shape index (κ3) is 3.76. The summed E-state index contributed by atoms with van der Waals surface area (Å²) in [6, 6.07) is 63.0. The van der Waals surface area contributed by atoms with Crippen LogP contribution in [0.15, 0.2) is 170 Å². The summed E-state index contributed by atoms with van der Waals surface area (Å²) in [5.41, 5.74) is 17.5. The molecule has 1 heterocycles. The average molecular weight is 651 g/mol. The summed E-state index contributed by atoms with van der Waals surface area (Å²) in [6.07, 6.45) is 0. The van der Waals surface area contributed by atoms with Crippen LogP contribution in [0.5, 0.6) is 11.5 Å². The molecular weight excluding hydrogens is 617 g/mol. The van der Waals surface area contributed by atoms with Crippen LogP contribution < -0.4 is 4.74 Å². The van der Waals surface area contributed by atoms with Crippen molar-refractivity contribution < 1.29 is 4.74 Å². The molecular formula is C50H34O. The minimum absolute atomic E-state index is 0.168. The van der Waals surface area contributed by atoms with Gasteiger partial charge in [-0.1, -0.05) is 153 Å². The monoisotopic (exact) mass is 650 g/mol. The Morgan fingerprint density at radius 2 is 0.922 bits per heavy atom. The molecule has 0 radical (unpaired) electrons. The van der Waals surface area contributed by atoms with Crippen molar-refractivity contribution in [1.82, 2.24) is 0 Å². The van der Waals surface area contributed by atoms with E-state index in [1.54, 1.807) is 0 Å². The van der Waals surface area contributed by atoms with Crippen molar-refractivity contribution in [2.24, 2.45) is 0 Å². The van der Waals surface area contributed by atoms with E-state index < -0.39 is 5.41 Å². The van der Waals surface area contributed by atoms with E-state index in [-0.39, 0.29) is 5.41 Å². The molecule has 2 aliphatic carbocycles. The first kappa shape index (κ1) is 28.6. The van der Waals surface area contributed by atoms with Crippen molar-refractivity contribution in [1.29, 1.82) is 0 Å². The topological polar surface area (TPSA) is 9.23 Å². The van der Waals surface area contributed by atoms with Crippen molar-refractivity contribution in [2.45, 2.75) is 24.7 Å². The maximum Gasteiger partial charge on any atom is 0.131 e. The summed E-state index contributed by atoms with van der Waals surface area (Å²) in [6.45, 7) is 4.60. The number of para-hydroxylation sites is 1. The van der Waals surface area contributed by atoms with Gasteiger partial charge in [-0.3, -0.25) is 0 Å². The van der Waals surface area contributed by atoms with Gasteiger partial charge in [-0.25, -0.2) is 0 Å². The van der Waals surface area contributed by atoms with Crippen LogP contribution in [0.25, 0.3) is 55.3 Å². The SMILES string of the molecule is CC1(C)c2ccccc2Oc2ccc(-c3cccc(-c4ccc5c(c4)C4(c6ccccc6-5)c5ccccc5-c5ccc6ccccc6c54)c3)cc21. The molecule has 0 aromatic heterocycles. The van der Waals surface area contributed by atoms with Gasteiger partial charge in [-0.15, -0.1) is 0 Å². The zero-order valence-electron chi connectivity index (χ0n) is 28.6. The maximum atomic E-state index is 6.39. The number of rotatable bonds is 2. The maximum absolute atomic E-state index is 6.39. The Morgan fingerprint density at radius 3 is 1.71 bits per heavy atom. The Bertz CT molecular complexity index is 2750. The number of hydrogen-bond acceptors (Lipinski definition) is 1. The van der Waals surface area contributed by atoms with Crippen LogP contribution in [0.4, 0.5) is 0 Å². The second-order valence-corrected chi connectivity index (χ2v) is 14.8. The molecule has 240 valence electrons. The Morgan fingerprint density at radius 1 is 0.373 bits per heavy atom. The van der Waals surface area contributed by atoms with Gasteiger partial charge in [0.2, 0.25) is 0 Å². The Balaban J connectivity index is 1.10. The lowest BCUT2D eigenvalue weighted by Gasteiger charge is -2.34. The Kier molecular flexibility index (Phi) is 5.72. The fourth-order valence-corrected chi connectivity index (χ4v) is 9.60. The minimum atomic E-state index is -0.410. The molecule has 0 amide bonds. The quantitative estimate of drug-likeness (QED) is 0.181. The van der Waals surface area contributed by atoms with Crippen LogP contribution in [0, 0.1) is 0 Å². The van der Waals surface area contributed by atoms with Crippen LogP contribution in [0.1, 0.15) is 47.2 Å². The molecule has 0 saturated carbocycles. The molecule has 1 unspecified atom stereocenters. The predicted molar refractivity (Wildman–Crippen MR) is 210 cm³/mol. The van der Waals surface area contributed by atoms with E-state index in [1.807, 2.05) is 6.07 Å². The standard InChI is InChI=1S/C50H34O/c1-49(2)43-20-9-10-21-46(43)51-47-27-24-35(30-45(47)49)33-14-11-13-32(28-33)34-23-25-39-37-16-5-7-18-41(37)50(44(39)29-34)42-19-8-6-17-38(42)40-26-22-31-12-3-4-15-36(31)48(40)50/h3-30H,1-2H3. The molecule has 1 spiro atoms. The molecule has 1 atom stereocenters. The fourth-order valence-electron chi connectivity index (χ4n) is 9.60. The van der Waals surface area contributed by atoms with E-state index in [1.165, 1.54) is 88.7 Å². The smallest absolute Gasteiger partial charge is 0.131 e. The molecule has 51 heavy (non-hydrogen) atoms. The molecule has 1 nitrogen and oxygen atoms in total. The lowest BCUT2D eigenvalue weighted by molar-refractivity contribution is 0.418. The summed E-state index contributed by atoms with van der Waals surface area (Å²) >= 11 is 0. The first-order valence-electron chi connectivity index (χ1n) is 17.9. The van der Waals surface area contributed by atoms with Crippen molar-refractivity contribution in [3.05, 3.63) is 203 Å². The second kappa shape index (κ2) is 10.2. The highest BCUT2D eigenvalue weighted by atomic mass is 16.5. The van der Waals surface area contributed by atoms with E-state index in [0.29, 0.717) is 0 Å². The van der Waals surface area contributed by atoms with Gasteiger partial charge in [0, 0.05) is 16.5 Å². The zero-order valence-corrected chi connectivity index (χ0v) is 28.6. The summed E-state index contributed by atoms with van der Waals surface area (Å²) in [5.74, 6) is 1.88. The largest absolute Gasteiger partial charge is 0.457 e. The summed E-state index contributed by atoms with van der Waals surface area (Å²) in [5, 5.41) is 2.60. The highest BCUT2D eigenvalue weighted by Gasteiger charge is 2.52. The third-order valence-corrected chi connectivity index (χ3v) is 11.9. The van der Waals surface area contributed by atoms with Crippen LogP contribution in [-0.4, -0.2) is 0 Å². The first-order valence-corrected chi connectivity index (χ1v) is 17.9. The highest BCUT2D eigenvalue weighted by Crippen LogP contribution is 2.64. The van der Waals surface area contributed by atoms with Gasteiger partial charge in [0.1, 0.15) is 11.5 Å². The first-order chi connectivity index (χ1) is 25.0. The molecule has 1 aliphatic heterocycles. The molecule has 11 rings (SSSR count). The van der Waals surface area contributed by atoms with Gasteiger partial charge >= 0.3 is 0 Å². The number of ether oxygens (including phenoxy) is 1. The molecule has 0 N–H and O–H groups in total. The molecule has 0 saturated heterocycles. The van der Waals surface area contributed by atoms with Crippen molar-refractivity contribution in [2.75, 3.05) is 0 Å². The van der Waals surface area contributed by atoms with E-state index in [4.69, 9.17) is 4.74 Å². The van der Waals surface area contributed by atoms with Crippen molar-refractivity contribution >= 4 is 10.8 Å². The molecule has 8 aromatic rings. The van der Waals surface area contributed by atoms with E-state index >= 15 is 0 Å². The van der Waals surface area contributed by atoms with Gasteiger partial charge in [-0.2, -0.15) is 0 Å². The van der Waals surface area contributed by atoms with E-state index in [0.717, 1.165) is 11.5 Å². The van der Waals surface area contributed by atoms with Gasteiger partial charge in [0.15, 0.2) is 0 Å². The van der Waals surface area contributed by atoms with Gasteiger partial charge in [0.05, 0.1) is 5.41 Å². The van der Waals surface area contributed by atoms with E-state index in [2.05, 4.69) is 178 Å². The average Bonchev–Trinajstić information content (AvgIpc) is 3.65. The van der Waals surface area contributed by atoms with Gasteiger partial charge in [0.25, 0.3) is 0 Å². The molecule has 0 fully saturated rings. The highest BCUT2D eigenvalue weighted by molar-refractivity contribution is 6.04. The van der Waals surface area contributed by atoms with Crippen LogP contribution in [0.3, 0.4) is 0 Å². The van der Waals surface area contributed by atoms with Crippen LogP contribution in [0.2, 0.25) is 0 Å². The summed E-state index contributed by atoms with van der Waals surface area (Å²) in [7, 11) is 0. The van der Waals surface area contributed by atoms with Gasteiger partial charge < -0.3 is 4.74 Å². The van der Waals surface area contributed by atoms with Crippen LogP contribution in [-0.2, 0) is 10.8 Å². The van der Waals surface area contributed by atoms with E-state index in [9.17, 15) is 0 Å². The normalized spacial score (nSPS) is 16.8. The van der Waals surface area contributed by atoms with Gasteiger partial charge in [-0.05, 0) is 108 Å². The zero-order chi connectivity index (χ0) is 33.9. The minimum Gasteiger partial charge on any atom is -0.457 e. The lowest BCUT2D eigenvalue weighted by Crippen LogP contribution is -2.26. The summed E-state index contributed by atoms with van der Waals surface area (Å²) in [4.78, 5) is 0. The Labute approximate surface area is 298 Å². The molecule has 8 aromatic carbocycles. The second-order valence-electron chi connectivity index (χ2n) is 14.8. The molecule has 0 bridgehead atoms. The number of benzene rings is 8. The Hall–Kier alpha value is -6.18. The third-order valence-electron chi connectivity index (χ3n) is 11.9. The fraction of sp³-hybridized carbons (Fsp3) is 0.0800. The molecule has 3 aliphatic rings. The molecule has 1 heteroatoms. The lowest BCUT2D eigenvalue weighted by atomic mass is 9.69. The number of hydrogen-bond donors (Lipinski definition) is 0. The van der Waals surface area contributed by atoms with Crippen molar-refractivity contribution in [3.63, 3.8) is 0 Å². The number of fused-ring (bicyclic) bond motifs is 14. The van der Waals surface area contributed by atoms with Crippen molar-refractivity contribution in [3.8, 4) is 56.0 Å². The predicted octanol–water partition coefficient (Wildman–Crippen LogP) is 12.9.